The number of rotatable bonds is 12. The highest BCUT2D eigenvalue weighted by Gasteiger charge is 2.39. The number of carbonyl (C=O) groups excluding carboxylic acids is 4. The number of H-pyrrole nitrogens is 1. The Morgan fingerprint density at radius 1 is 0.792 bits per heavy atom. The topological polar surface area (TPSA) is 160 Å². The van der Waals surface area contributed by atoms with Gasteiger partial charge in [-0.25, -0.2) is 4.98 Å². The second kappa shape index (κ2) is 16.3. The molecule has 53 heavy (non-hydrogen) atoms. The Hall–Kier alpha value is -5.10. The quantitative estimate of drug-likeness (QED) is 0.209. The average Bonchev–Trinajstić information content (AvgIpc) is 3.98. The summed E-state index contributed by atoms with van der Waals surface area (Å²) in [4.78, 5) is 67.2. The number of aliphatic imine (C=N–C) groups is 1. The number of imidazole rings is 1. The zero-order valence-electron chi connectivity index (χ0n) is 31.3. The summed E-state index contributed by atoms with van der Waals surface area (Å²) in [5.74, 6) is -0.386. The van der Waals surface area contributed by atoms with Crippen molar-refractivity contribution in [1.29, 1.82) is 0 Å². The number of hydrogen-bond acceptors (Lipinski definition) is 7. The van der Waals surface area contributed by atoms with Gasteiger partial charge in [0.05, 0.1) is 24.0 Å². The highest BCUT2D eigenvalue weighted by Crippen LogP contribution is 2.34. The molecule has 2 unspecified atom stereocenters. The molecule has 3 aliphatic rings. The van der Waals surface area contributed by atoms with Gasteiger partial charge in [0.2, 0.25) is 23.6 Å². The van der Waals surface area contributed by atoms with Crippen LogP contribution in [0.1, 0.15) is 84.2 Å². The van der Waals surface area contributed by atoms with E-state index in [0.717, 1.165) is 64.9 Å². The van der Waals surface area contributed by atoms with Gasteiger partial charge in [0.25, 0.3) is 0 Å². The van der Waals surface area contributed by atoms with Crippen molar-refractivity contribution in [1.82, 2.24) is 30.4 Å². The monoisotopic (exact) mass is 721 g/mol. The van der Waals surface area contributed by atoms with Gasteiger partial charge < -0.3 is 30.5 Å². The van der Waals surface area contributed by atoms with Gasteiger partial charge in [-0.2, -0.15) is 0 Å². The molecule has 4 atom stereocenters. The lowest BCUT2D eigenvalue weighted by molar-refractivity contribution is -0.139. The number of aliphatic hydroxyl groups excluding tert-OH is 1. The smallest absolute Gasteiger partial charge is 0.246 e. The van der Waals surface area contributed by atoms with E-state index in [1.54, 1.807) is 11.1 Å². The Kier molecular flexibility index (Phi) is 11.6. The molecule has 2 fully saturated rings. The van der Waals surface area contributed by atoms with Gasteiger partial charge in [0.1, 0.15) is 24.5 Å². The molecule has 3 aromatic rings. The maximum absolute atomic E-state index is 13.5. The Morgan fingerprint density at radius 3 is 1.89 bits per heavy atom. The standard InChI is InChI=1S/C41H51N7O5/c1-24(2)37(44-26(5)50)40(52)47-18-6-8-34(47)32-20-31(21-42-32)29-12-10-27(11-13-29)28-14-16-30(17-15-28)33-22-43-39(45-33)35-9-7-19-48(35)41(53)38(25(3)4)46-36(51)23-49/h10-17,21-22,24-25,34-35,37-38,49H,6-9,18-20,23H2,1-5H3,(H,43,45)(H,44,50)(H,46,51)/t34?,35?,37-,38-/m0/s1. The lowest BCUT2D eigenvalue weighted by atomic mass is 9.95. The molecule has 4 heterocycles. The Morgan fingerprint density at radius 2 is 1.32 bits per heavy atom. The number of aliphatic hydroxyl groups is 1. The fraction of sp³-hybridized carbons (Fsp3) is 0.463. The molecule has 12 nitrogen and oxygen atoms in total. The van der Waals surface area contributed by atoms with E-state index in [2.05, 4.69) is 69.1 Å². The maximum Gasteiger partial charge on any atom is 0.246 e. The first kappa shape index (κ1) is 37.7. The number of amides is 4. The number of allylic oxidation sites excluding steroid dienone is 1. The van der Waals surface area contributed by atoms with E-state index in [1.165, 1.54) is 6.92 Å². The minimum Gasteiger partial charge on any atom is -0.387 e. The molecule has 4 N–H and O–H groups in total. The largest absolute Gasteiger partial charge is 0.387 e. The molecule has 0 aliphatic carbocycles. The molecule has 1 aromatic heterocycles. The van der Waals surface area contributed by atoms with Crippen molar-refractivity contribution >= 4 is 34.9 Å². The first-order chi connectivity index (χ1) is 25.4. The molecule has 3 aliphatic heterocycles. The molecule has 0 radical (unpaired) electrons. The minimum atomic E-state index is -0.715. The third-order valence-corrected chi connectivity index (χ3v) is 10.6. The van der Waals surface area contributed by atoms with Crippen molar-refractivity contribution < 1.29 is 24.3 Å². The van der Waals surface area contributed by atoms with Crippen LogP contribution in [-0.2, 0) is 19.2 Å². The van der Waals surface area contributed by atoms with Crippen LogP contribution < -0.4 is 10.6 Å². The van der Waals surface area contributed by atoms with E-state index < -0.39 is 24.6 Å². The van der Waals surface area contributed by atoms with E-state index in [9.17, 15) is 24.3 Å². The van der Waals surface area contributed by atoms with E-state index in [-0.39, 0.29) is 41.6 Å². The summed E-state index contributed by atoms with van der Waals surface area (Å²) in [5.41, 5.74) is 7.21. The van der Waals surface area contributed by atoms with Crippen molar-refractivity contribution in [3.8, 4) is 22.4 Å². The van der Waals surface area contributed by atoms with Crippen LogP contribution in [0.15, 0.2) is 65.9 Å². The zero-order chi connectivity index (χ0) is 37.8. The summed E-state index contributed by atoms with van der Waals surface area (Å²) in [6.07, 6.45) is 7.80. The van der Waals surface area contributed by atoms with Gasteiger partial charge in [-0.3, -0.25) is 24.2 Å². The van der Waals surface area contributed by atoms with Crippen LogP contribution in [0.5, 0.6) is 0 Å². The molecule has 12 heteroatoms. The number of benzene rings is 2. The zero-order valence-corrected chi connectivity index (χ0v) is 31.3. The molecular weight excluding hydrogens is 670 g/mol. The molecule has 4 amide bonds. The van der Waals surface area contributed by atoms with Gasteiger partial charge in [0.15, 0.2) is 0 Å². The van der Waals surface area contributed by atoms with Crippen molar-refractivity contribution in [3.63, 3.8) is 0 Å². The number of likely N-dealkylation sites (tertiary alicyclic amines) is 2. The molecule has 2 saturated heterocycles. The van der Waals surface area contributed by atoms with Crippen LogP contribution in [0.4, 0.5) is 0 Å². The van der Waals surface area contributed by atoms with Crippen LogP contribution >= 0.6 is 0 Å². The maximum atomic E-state index is 13.5. The molecule has 280 valence electrons. The number of nitrogens with zero attached hydrogens (tertiary/aromatic N) is 4. The van der Waals surface area contributed by atoms with Gasteiger partial charge in [0, 0.05) is 38.3 Å². The van der Waals surface area contributed by atoms with E-state index in [4.69, 9.17) is 4.99 Å². The number of nitrogens with one attached hydrogen (secondary N) is 3. The van der Waals surface area contributed by atoms with Crippen LogP contribution in [0, 0.1) is 11.8 Å². The van der Waals surface area contributed by atoms with Gasteiger partial charge in [-0.1, -0.05) is 76.2 Å². The fourth-order valence-corrected chi connectivity index (χ4v) is 7.71. The molecule has 6 rings (SSSR count). The van der Waals surface area contributed by atoms with E-state index >= 15 is 0 Å². The van der Waals surface area contributed by atoms with Crippen molar-refractivity contribution in [3.05, 3.63) is 72.3 Å². The Labute approximate surface area is 311 Å². The highest BCUT2D eigenvalue weighted by molar-refractivity contribution is 6.04. The molecule has 0 spiro atoms. The molecular formula is C41H51N7O5. The number of aromatic nitrogens is 2. The first-order valence-corrected chi connectivity index (χ1v) is 18.7. The SMILES string of the molecule is CC(=O)N[C@H](C(=O)N1CCCC1C1=NC=C(c2ccc(-c3ccc(-c4cnc(C5CCCN5C(=O)[C@@H](NC(=O)CO)C(C)C)[nH]4)cc3)cc2)C1)C(C)C. The number of carbonyl (C=O) groups is 4. The molecule has 0 saturated carbocycles. The van der Waals surface area contributed by atoms with Gasteiger partial charge in [-0.05, 0) is 65.3 Å². The predicted molar refractivity (Wildman–Crippen MR) is 204 cm³/mol. The summed E-state index contributed by atoms with van der Waals surface area (Å²) < 4.78 is 0. The van der Waals surface area contributed by atoms with Crippen LogP contribution in [0.2, 0.25) is 0 Å². The average molecular weight is 722 g/mol. The predicted octanol–water partition coefficient (Wildman–Crippen LogP) is 4.88. The Balaban J connectivity index is 1.07. The van der Waals surface area contributed by atoms with E-state index in [0.29, 0.717) is 25.3 Å². The van der Waals surface area contributed by atoms with Crippen molar-refractivity contribution in [2.45, 2.75) is 90.9 Å². The Bertz CT molecular complexity index is 1880. The lowest BCUT2D eigenvalue weighted by Gasteiger charge is -2.31. The second-order valence-electron chi connectivity index (χ2n) is 15.0. The summed E-state index contributed by atoms with van der Waals surface area (Å²) in [6.45, 7) is 9.70. The van der Waals surface area contributed by atoms with Crippen molar-refractivity contribution in [2.75, 3.05) is 19.7 Å². The third kappa shape index (κ3) is 8.27. The first-order valence-electron chi connectivity index (χ1n) is 18.7. The van der Waals surface area contributed by atoms with Gasteiger partial charge >= 0.3 is 0 Å². The summed E-state index contributed by atoms with van der Waals surface area (Å²) >= 11 is 0. The van der Waals surface area contributed by atoms with Crippen LogP contribution in [0.25, 0.3) is 28.0 Å². The van der Waals surface area contributed by atoms with Crippen LogP contribution in [0.3, 0.4) is 0 Å². The summed E-state index contributed by atoms with van der Waals surface area (Å²) in [6, 6.07) is 15.2. The van der Waals surface area contributed by atoms with Crippen LogP contribution in [-0.4, -0.2) is 92.0 Å². The number of hydrogen-bond donors (Lipinski definition) is 4. The van der Waals surface area contributed by atoms with E-state index in [1.807, 2.05) is 38.8 Å². The highest BCUT2D eigenvalue weighted by atomic mass is 16.3. The summed E-state index contributed by atoms with van der Waals surface area (Å²) in [7, 11) is 0. The molecule has 2 aromatic carbocycles. The summed E-state index contributed by atoms with van der Waals surface area (Å²) in [5, 5.41) is 14.7. The fourth-order valence-electron chi connectivity index (χ4n) is 7.71. The van der Waals surface area contributed by atoms with Gasteiger partial charge in [-0.15, -0.1) is 0 Å². The molecule has 0 bridgehead atoms. The third-order valence-electron chi connectivity index (χ3n) is 10.6. The van der Waals surface area contributed by atoms with Crippen molar-refractivity contribution in [2.24, 2.45) is 16.8 Å². The minimum absolute atomic E-state index is 0.00773. The normalized spacial score (nSPS) is 19.7. The lowest BCUT2D eigenvalue weighted by Crippen LogP contribution is -2.53. The second-order valence-corrected chi connectivity index (χ2v) is 15.0. The number of aromatic amines is 1.